The Morgan fingerprint density at radius 3 is 2.64 bits per heavy atom. The highest BCUT2D eigenvalue weighted by molar-refractivity contribution is 6.30. The molecule has 5 N–H and O–H groups in total. The molecule has 5 rings (SSSR count). The van der Waals surface area contributed by atoms with Crippen molar-refractivity contribution in [3.63, 3.8) is 0 Å². The molecule has 0 spiro atoms. The van der Waals surface area contributed by atoms with Crippen LogP contribution in [0.5, 0.6) is 0 Å². The third-order valence-electron chi connectivity index (χ3n) is 7.84. The van der Waals surface area contributed by atoms with E-state index in [9.17, 15) is 38.3 Å². The zero-order valence-corrected chi connectivity index (χ0v) is 25.6. The molecule has 0 bridgehead atoms. The topological polar surface area (TPSA) is 217 Å². The summed E-state index contributed by atoms with van der Waals surface area (Å²) in [5, 5.41) is 24.2. The Labute approximate surface area is 271 Å². The van der Waals surface area contributed by atoms with Crippen LogP contribution in [0.4, 0.5) is 4.39 Å². The third-order valence-corrected chi connectivity index (χ3v) is 8.07. The van der Waals surface area contributed by atoms with E-state index in [1.165, 1.54) is 22.8 Å². The molecule has 2 fully saturated rings. The van der Waals surface area contributed by atoms with E-state index in [-0.39, 0.29) is 61.0 Å². The number of nitrogens with zero attached hydrogens (tertiary/aromatic N) is 5. The third kappa shape index (κ3) is 7.97. The fourth-order valence-electron chi connectivity index (χ4n) is 5.47. The van der Waals surface area contributed by atoms with E-state index < -0.39 is 65.5 Å². The van der Waals surface area contributed by atoms with Gasteiger partial charge in [0.2, 0.25) is 23.5 Å². The first-order chi connectivity index (χ1) is 22.5. The molecule has 1 aromatic carbocycles. The van der Waals surface area contributed by atoms with E-state index in [1.807, 2.05) is 0 Å². The molecule has 3 aromatic rings. The van der Waals surface area contributed by atoms with E-state index >= 15 is 0 Å². The number of carboxylic acids is 1. The average molecular weight is 672 g/mol. The first kappa shape index (κ1) is 33.2. The molecule has 5 amide bonds. The number of amides is 5. The monoisotopic (exact) mass is 671 g/mol. The molecule has 18 heteroatoms. The van der Waals surface area contributed by atoms with E-state index in [0.717, 1.165) is 11.0 Å². The van der Waals surface area contributed by atoms with Crippen LogP contribution in [0.3, 0.4) is 0 Å². The Balaban J connectivity index is 1.42. The molecule has 0 aliphatic carbocycles. The summed E-state index contributed by atoms with van der Waals surface area (Å²) in [5.74, 6) is -5.86. The van der Waals surface area contributed by atoms with Gasteiger partial charge in [0.1, 0.15) is 23.9 Å². The minimum Gasteiger partial charge on any atom is -0.480 e. The summed E-state index contributed by atoms with van der Waals surface area (Å²) in [6.07, 6.45) is 3.35. The lowest BCUT2D eigenvalue weighted by atomic mass is 10.1. The number of carbonyl (C=O) groups excluding carboxylic acids is 5. The van der Waals surface area contributed by atoms with Crippen molar-refractivity contribution >= 4 is 52.9 Å². The zero-order valence-electron chi connectivity index (χ0n) is 24.8. The summed E-state index contributed by atoms with van der Waals surface area (Å²) in [6.45, 7) is 0.0321. The second-order valence-electron chi connectivity index (χ2n) is 11.1. The van der Waals surface area contributed by atoms with Gasteiger partial charge in [-0.1, -0.05) is 11.6 Å². The summed E-state index contributed by atoms with van der Waals surface area (Å²) < 4.78 is 15.9. The van der Waals surface area contributed by atoms with Gasteiger partial charge in [-0.25, -0.2) is 18.7 Å². The van der Waals surface area contributed by atoms with Crippen LogP contribution in [0.15, 0.2) is 36.7 Å². The normalized spacial score (nSPS) is 22.8. The molecule has 0 saturated carbocycles. The van der Waals surface area contributed by atoms with Gasteiger partial charge in [0.25, 0.3) is 17.6 Å². The second-order valence-corrected chi connectivity index (χ2v) is 11.6. The molecular formula is C29H31ClFN9O7. The maximum Gasteiger partial charge on any atom is 0.326 e. The largest absolute Gasteiger partial charge is 0.480 e. The van der Waals surface area contributed by atoms with Gasteiger partial charge in [-0.3, -0.25) is 24.0 Å². The van der Waals surface area contributed by atoms with E-state index in [1.54, 1.807) is 12.3 Å². The van der Waals surface area contributed by atoms with Crippen molar-refractivity contribution in [3.8, 4) is 0 Å². The van der Waals surface area contributed by atoms with Crippen LogP contribution in [0.25, 0.3) is 5.78 Å². The first-order valence-electron chi connectivity index (χ1n) is 14.8. The highest BCUT2D eigenvalue weighted by Gasteiger charge is 2.43. The number of carbonyl (C=O) groups is 6. The minimum absolute atomic E-state index is 0.0629. The van der Waals surface area contributed by atoms with Crippen molar-refractivity contribution < 1.29 is 38.3 Å². The number of aromatic nitrogens is 4. The Hall–Kier alpha value is -5.19. The SMILES string of the molecule is O=C1CC[C@@H](C(=O)O)NC(=O)[C@@H]2C[C@@H](NC(=O)c3nc4ncccn4n3)CN2C(=O)[C@@H](NC(=O)c2ccc(Cl)cc2F)CCCCN1. The van der Waals surface area contributed by atoms with E-state index in [0.29, 0.717) is 12.8 Å². The predicted molar refractivity (Wildman–Crippen MR) is 160 cm³/mol. The highest BCUT2D eigenvalue weighted by atomic mass is 35.5. The second kappa shape index (κ2) is 14.5. The number of hydrogen-bond donors (Lipinski definition) is 5. The van der Waals surface area contributed by atoms with E-state index in [2.05, 4.69) is 36.3 Å². The Bertz CT molecular complexity index is 1690. The van der Waals surface area contributed by atoms with Crippen molar-refractivity contribution in [2.75, 3.05) is 13.1 Å². The van der Waals surface area contributed by atoms with Crippen LogP contribution in [0, 0.1) is 5.82 Å². The maximum atomic E-state index is 14.6. The molecule has 47 heavy (non-hydrogen) atoms. The molecule has 2 aliphatic rings. The lowest BCUT2D eigenvalue weighted by Crippen LogP contribution is -2.55. The van der Waals surface area contributed by atoms with Crippen LogP contribution in [-0.4, -0.2) is 102 Å². The maximum absolute atomic E-state index is 14.6. The Morgan fingerprint density at radius 1 is 1.09 bits per heavy atom. The molecule has 248 valence electrons. The van der Waals surface area contributed by atoms with Gasteiger partial charge in [-0.05, 0) is 56.4 Å². The van der Waals surface area contributed by atoms with Gasteiger partial charge < -0.3 is 31.3 Å². The highest BCUT2D eigenvalue weighted by Crippen LogP contribution is 2.23. The van der Waals surface area contributed by atoms with Gasteiger partial charge in [0.05, 0.1) is 5.56 Å². The summed E-state index contributed by atoms with van der Waals surface area (Å²) in [7, 11) is 0. The van der Waals surface area contributed by atoms with Crippen LogP contribution in [0.1, 0.15) is 59.5 Å². The number of halogens is 2. The molecule has 4 atom stereocenters. The molecule has 2 aromatic heterocycles. The summed E-state index contributed by atoms with van der Waals surface area (Å²) >= 11 is 5.82. The van der Waals surface area contributed by atoms with Crippen molar-refractivity contribution in [2.24, 2.45) is 0 Å². The van der Waals surface area contributed by atoms with Crippen LogP contribution in [-0.2, 0) is 19.2 Å². The van der Waals surface area contributed by atoms with Crippen molar-refractivity contribution in [2.45, 2.75) is 62.7 Å². The van der Waals surface area contributed by atoms with Crippen LogP contribution < -0.4 is 21.3 Å². The number of hydrogen-bond acceptors (Lipinski definition) is 9. The number of carboxylic acid groups (broad SMARTS) is 1. The molecule has 0 unspecified atom stereocenters. The van der Waals surface area contributed by atoms with Gasteiger partial charge in [-0.15, -0.1) is 5.10 Å². The number of nitrogens with one attached hydrogen (secondary N) is 4. The summed E-state index contributed by atoms with van der Waals surface area (Å²) in [6, 6.07) is 0.289. The van der Waals surface area contributed by atoms with Gasteiger partial charge >= 0.3 is 5.97 Å². The molecule has 0 radical (unpaired) electrons. The number of benzene rings is 1. The lowest BCUT2D eigenvalue weighted by Gasteiger charge is -2.29. The lowest BCUT2D eigenvalue weighted by molar-refractivity contribution is -0.144. The standard InChI is InChI=1S/C29H31ClFN9O7/c30-15-5-6-17(18(31)12-15)24(42)35-19-4-1-2-9-32-22(41)8-7-20(28(46)47)36-25(43)21-13-16(14-39(21)27(19)45)34-26(44)23-37-29-33-10-3-11-40(29)38-23/h3,5-6,10-12,16,19-21H,1-2,4,7-9,13-14H2,(H,32,41)(H,34,44)(H,35,42)(H,36,43)(H,46,47)/t16-,19+,20+,21+/m1/s1. The first-order valence-corrected chi connectivity index (χ1v) is 15.2. The number of rotatable bonds is 5. The Kier molecular flexibility index (Phi) is 10.2. The summed E-state index contributed by atoms with van der Waals surface area (Å²) in [5.41, 5.74) is -0.357. The Morgan fingerprint density at radius 2 is 1.89 bits per heavy atom. The van der Waals surface area contributed by atoms with E-state index in [4.69, 9.17) is 11.6 Å². The molecule has 2 saturated heterocycles. The van der Waals surface area contributed by atoms with Crippen LogP contribution >= 0.6 is 11.6 Å². The van der Waals surface area contributed by atoms with Crippen LogP contribution in [0.2, 0.25) is 5.02 Å². The fraction of sp³-hybridized carbons (Fsp3) is 0.414. The molecule has 16 nitrogen and oxygen atoms in total. The minimum atomic E-state index is -1.44. The van der Waals surface area contributed by atoms with Crippen molar-refractivity contribution in [3.05, 3.63) is 58.9 Å². The average Bonchev–Trinajstić information content (AvgIpc) is 3.66. The zero-order chi connectivity index (χ0) is 33.7. The van der Waals surface area contributed by atoms with Gasteiger partial charge in [0.15, 0.2) is 0 Å². The molecule has 2 aliphatic heterocycles. The van der Waals surface area contributed by atoms with Crippen molar-refractivity contribution in [1.82, 2.24) is 45.7 Å². The predicted octanol–water partition coefficient (Wildman–Crippen LogP) is 0.0644. The number of aliphatic carboxylic acids is 1. The summed E-state index contributed by atoms with van der Waals surface area (Å²) in [4.78, 5) is 87.4. The molecular weight excluding hydrogens is 641 g/mol. The fourth-order valence-corrected chi connectivity index (χ4v) is 5.63. The van der Waals surface area contributed by atoms with Crippen molar-refractivity contribution in [1.29, 1.82) is 0 Å². The van der Waals surface area contributed by atoms with Gasteiger partial charge in [-0.2, -0.15) is 4.98 Å². The van der Waals surface area contributed by atoms with Gasteiger partial charge in [0, 0.05) is 43.0 Å². The molecule has 4 heterocycles. The smallest absolute Gasteiger partial charge is 0.326 e. The quantitative estimate of drug-likeness (QED) is 0.246. The number of fused-ring (bicyclic) bond motifs is 2.